The Bertz CT molecular complexity index is 678. The Morgan fingerprint density at radius 2 is 2.25 bits per heavy atom. The van der Waals surface area contributed by atoms with E-state index in [0.717, 1.165) is 23.1 Å². The van der Waals surface area contributed by atoms with Gasteiger partial charge >= 0.3 is 0 Å². The van der Waals surface area contributed by atoms with E-state index in [0.29, 0.717) is 10.6 Å². The van der Waals surface area contributed by atoms with E-state index in [9.17, 15) is 9.59 Å². The molecule has 104 valence electrons. The first kappa shape index (κ1) is 12.9. The Morgan fingerprint density at radius 1 is 1.45 bits per heavy atom. The molecule has 2 amide bonds. The smallest absolute Gasteiger partial charge is 0.264 e. The summed E-state index contributed by atoms with van der Waals surface area (Å²) in [6.45, 7) is -0.0313. The molecule has 2 aromatic rings. The van der Waals surface area contributed by atoms with E-state index in [2.05, 4.69) is 15.6 Å². The lowest BCUT2D eigenvalue weighted by molar-refractivity contribution is -0.120. The fraction of sp³-hybridized carbons (Fsp3) is 0.308. The number of thiophene rings is 1. The van der Waals surface area contributed by atoms with Crippen LogP contribution in [0.15, 0.2) is 18.3 Å². The highest BCUT2D eigenvalue weighted by molar-refractivity contribution is 7.21. The minimum atomic E-state index is -0.337. The zero-order chi connectivity index (χ0) is 14.1. The molecule has 2 heterocycles. The second-order valence-electron chi connectivity index (χ2n) is 4.73. The van der Waals surface area contributed by atoms with Crippen molar-refractivity contribution >= 4 is 39.1 Å². The number of hydrogen-bond acceptors (Lipinski definition) is 5. The largest absolute Gasteiger partial charge is 0.397 e. The summed E-state index contributed by atoms with van der Waals surface area (Å²) in [7, 11) is 0. The summed E-state index contributed by atoms with van der Waals surface area (Å²) < 4.78 is 0. The second kappa shape index (κ2) is 5.09. The lowest BCUT2D eigenvalue weighted by Crippen LogP contribution is -2.37. The Balaban J connectivity index is 1.68. The van der Waals surface area contributed by atoms with Gasteiger partial charge in [-0.25, -0.2) is 4.98 Å². The highest BCUT2D eigenvalue weighted by Crippen LogP contribution is 2.31. The molecule has 0 aromatic carbocycles. The number of anilines is 1. The molecule has 1 aliphatic rings. The fourth-order valence-electron chi connectivity index (χ4n) is 1.87. The third-order valence-corrected chi connectivity index (χ3v) is 4.19. The molecule has 6 nitrogen and oxygen atoms in total. The number of nitrogens with two attached hydrogens (primary N) is 1. The van der Waals surface area contributed by atoms with Gasteiger partial charge < -0.3 is 16.4 Å². The van der Waals surface area contributed by atoms with Crippen molar-refractivity contribution in [2.24, 2.45) is 0 Å². The summed E-state index contributed by atoms with van der Waals surface area (Å²) in [5, 5.41) is 6.16. The molecule has 0 spiro atoms. The first-order chi connectivity index (χ1) is 9.65. The maximum Gasteiger partial charge on any atom is 0.264 e. The van der Waals surface area contributed by atoms with Crippen LogP contribution >= 0.6 is 11.3 Å². The predicted molar refractivity (Wildman–Crippen MR) is 77.5 cm³/mol. The number of carbonyl (C=O) groups excluding carboxylic acids is 2. The first-order valence-electron chi connectivity index (χ1n) is 6.35. The molecule has 1 aliphatic carbocycles. The van der Waals surface area contributed by atoms with Crippen LogP contribution in [0.3, 0.4) is 0 Å². The van der Waals surface area contributed by atoms with Crippen molar-refractivity contribution in [1.82, 2.24) is 15.6 Å². The van der Waals surface area contributed by atoms with Crippen molar-refractivity contribution in [2.75, 3.05) is 12.3 Å². The van der Waals surface area contributed by atoms with E-state index >= 15 is 0 Å². The van der Waals surface area contributed by atoms with Gasteiger partial charge in [0, 0.05) is 17.6 Å². The van der Waals surface area contributed by atoms with Gasteiger partial charge in [0.2, 0.25) is 5.91 Å². The number of aromatic nitrogens is 1. The molecule has 1 fully saturated rings. The Hall–Kier alpha value is -2.15. The van der Waals surface area contributed by atoms with Crippen molar-refractivity contribution < 1.29 is 9.59 Å². The Morgan fingerprint density at radius 3 is 2.95 bits per heavy atom. The molecule has 20 heavy (non-hydrogen) atoms. The average Bonchev–Trinajstić information content (AvgIpc) is 3.19. The molecule has 0 unspecified atom stereocenters. The van der Waals surface area contributed by atoms with Crippen LogP contribution in [-0.4, -0.2) is 29.4 Å². The first-order valence-corrected chi connectivity index (χ1v) is 7.17. The van der Waals surface area contributed by atoms with Gasteiger partial charge in [0.1, 0.15) is 9.71 Å². The summed E-state index contributed by atoms with van der Waals surface area (Å²) in [6.07, 6.45) is 3.70. The number of nitrogens with one attached hydrogen (secondary N) is 2. The SMILES string of the molecule is Nc1c(C(=O)NCC(=O)NC2CC2)sc2ncccc12. The fourth-order valence-corrected chi connectivity index (χ4v) is 2.85. The van der Waals surface area contributed by atoms with Crippen LogP contribution in [0, 0.1) is 0 Å². The maximum atomic E-state index is 12.1. The molecule has 2 aromatic heterocycles. The van der Waals surface area contributed by atoms with E-state index in [1.54, 1.807) is 12.3 Å². The molecular formula is C13H14N4O2S. The van der Waals surface area contributed by atoms with Gasteiger partial charge in [0.25, 0.3) is 5.91 Å². The van der Waals surface area contributed by atoms with Crippen molar-refractivity contribution in [3.05, 3.63) is 23.2 Å². The van der Waals surface area contributed by atoms with E-state index in [4.69, 9.17) is 5.73 Å². The van der Waals surface area contributed by atoms with E-state index in [-0.39, 0.29) is 24.4 Å². The molecule has 1 saturated carbocycles. The van der Waals surface area contributed by atoms with Gasteiger partial charge in [-0.15, -0.1) is 11.3 Å². The topological polar surface area (TPSA) is 97.1 Å². The van der Waals surface area contributed by atoms with Crippen LogP contribution in [0.5, 0.6) is 0 Å². The minimum absolute atomic E-state index is 0.0313. The average molecular weight is 290 g/mol. The van der Waals surface area contributed by atoms with Gasteiger partial charge in [-0.1, -0.05) is 0 Å². The summed E-state index contributed by atoms with van der Waals surface area (Å²) in [4.78, 5) is 28.9. The quantitative estimate of drug-likeness (QED) is 0.779. The van der Waals surface area contributed by atoms with Gasteiger partial charge in [-0.3, -0.25) is 9.59 Å². The van der Waals surface area contributed by atoms with Crippen LogP contribution in [0.1, 0.15) is 22.5 Å². The van der Waals surface area contributed by atoms with Crippen molar-refractivity contribution in [1.29, 1.82) is 0 Å². The normalized spacial score (nSPS) is 14.2. The Kier molecular flexibility index (Phi) is 3.27. The highest BCUT2D eigenvalue weighted by atomic mass is 32.1. The molecule has 0 bridgehead atoms. The summed E-state index contributed by atoms with van der Waals surface area (Å²) in [6, 6.07) is 3.89. The molecule has 0 atom stereocenters. The van der Waals surface area contributed by atoms with E-state index in [1.807, 2.05) is 6.07 Å². The number of pyridine rings is 1. The number of nitrogen functional groups attached to an aromatic ring is 1. The van der Waals surface area contributed by atoms with Crippen LogP contribution < -0.4 is 16.4 Å². The van der Waals surface area contributed by atoms with Gasteiger partial charge in [0.05, 0.1) is 12.2 Å². The van der Waals surface area contributed by atoms with Crippen LogP contribution in [-0.2, 0) is 4.79 Å². The minimum Gasteiger partial charge on any atom is -0.397 e. The number of nitrogens with zero attached hydrogens (tertiary/aromatic N) is 1. The number of amides is 2. The molecule has 7 heteroatoms. The monoisotopic (exact) mass is 290 g/mol. The molecule has 3 rings (SSSR count). The zero-order valence-corrected chi connectivity index (χ0v) is 11.5. The lowest BCUT2D eigenvalue weighted by Gasteiger charge is -2.05. The van der Waals surface area contributed by atoms with E-state index < -0.39 is 0 Å². The lowest BCUT2D eigenvalue weighted by atomic mass is 10.2. The van der Waals surface area contributed by atoms with Gasteiger partial charge in [-0.05, 0) is 25.0 Å². The predicted octanol–water partition coefficient (Wildman–Crippen LogP) is 0.887. The highest BCUT2D eigenvalue weighted by Gasteiger charge is 2.23. The molecule has 0 saturated heterocycles. The molecule has 0 radical (unpaired) electrons. The number of hydrogen-bond donors (Lipinski definition) is 3. The number of fused-ring (bicyclic) bond motifs is 1. The standard InChI is InChI=1S/C13H14N4O2S/c14-10-8-2-1-5-15-13(8)20-11(10)12(19)16-6-9(18)17-7-3-4-7/h1-2,5,7H,3-4,6,14H2,(H,16,19)(H,17,18). The Labute approximate surface area is 119 Å². The van der Waals surface area contributed by atoms with Gasteiger partial charge in [0.15, 0.2) is 0 Å². The molecular weight excluding hydrogens is 276 g/mol. The summed E-state index contributed by atoms with van der Waals surface area (Å²) in [5.41, 5.74) is 6.36. The maximum absolute atomic E-state index is 12.1. The molecule has 0 aliphatic heterocycles. The van der Waals surface area contributed by atoms with E-state index in [1.165, 1.54) is 11.3 Å². The van der Waals surface area contributed by atoms with Crippen LogP contribution in [0.25, 0.3) is 10.2 Å². The number of rotatable bonds is 4. The second-order valence-corrected chi connectivity index (χ2v) is 5.72. The molecule has 4 N–H and O–H groups in total. The van der Waals surface area contributed by atoms with Crippen LogP contribution in [0.2, 0.25) is 0 Å². The van der Waals surface area contributed by atoms with Crippen molar-refractivity contribution in [3.63, 3.8) is 0 Å². The third kappa shape index (κ3) is 2.57. The zero-order valence-electron chi connectivity index (χ0n) is 10.7. The van der Waals surface area contributed by atoms with Crippen molar-refractivity contribution in [2.45, 2.75) is 18.9 Å². The van der Waals surface area contributed by atoms with Gasteiger partial charge in [-0.2, -0.15) is 0 Å². The van der Waals surface area contributed by atoms with Crippen molar-refractivity contribution in [3.8, 4) is 0 Å². The number of carbonyl (C=O) groups is 2. The summed E-state index contributed by atoms with van der Waals surface area (Å²) in [5.74, 6) is -0.505. The third-order valence-electron chi connectivity index (χ3n) is 3.06. The van der Waals surface area contributed by atoms with Crippen LogP contribution in [0.4, 0.5) is 5.69 Å². The summed E-state index contributed by atoms with van der Waals surface area (Å²) >= 11 is 1.23.